The quantitative estimate of drug-likeness (QED) is 0.713. The number of likely N-dealkylation sites (tertiary alicyclic amines) is 1. The minimum atomic E-state index is 0.159. The molecular weight excluding hydrogens is 306 g/mol. The minimum Gasteiger partial charge on any atom is -0.340 e. The maximum absolute atomic E-state index is 5.42. The van der Waals surface area contributed by atoms with Crippen molar-refractivity contribution in [1.82, 2.24) is 25.2 Å². The zero-order valence-electron chi connectivity index (χ0n) is 13.6. The van der Waals surface area contributed by atoms with Crippen molar-refractivity contribution in [3.05, 3.63) is 59.3 Å². The number of aromatic nitrogens is 4. The van der Waals surface area contributed by atoms with Crippen LogP contribution in [0.5, 0.6) is 0 Å². The molecule has 7 heteroatoms. The first-order chi connectivity index (χ1) is 11.8. The first-order valence-corrected chi connectivity index (χ1v) is 8.17. The van der Waals surface area contributed by atoms with Crippen LogP contribution in [0.15, 0.2) is 39.4 Å². The van der Waals surface area contributed by atoms with E-state index in [0.717, 1.165) is 25.2 Å². The maximum Gasteiger partial charge on any atom is 0.240 e. The van der Waals surface area contributed by atoms with Gasteiger partial charge < -0.3 is 9.05 Å². The number of nitrogens with zero attached hydrogens (tertiary/aromatic N) is 5. The van der Waals surface area contributed by atoms with Crippen molar-refractivity contribution in [1.29, 1.82) is 0 Å². The predicted octanol–water partition coefficient (Wildman–Crippen LogP) is 2.69. The summed E-state index contributed by atoms with van der Waals surface area (Å²) in [5.41, 5.74) is 1.17. The molecule has 3 aromatic rings. The summed E-state index contributed by atoms with van der Waals surface area (Å²) in [6.45, 7) is 3.39. The van der Waals surface area contributed by atoms with Gasteiger partial charge in [-0.15, -0.1) is 0 Å². The van der Waals surface area contributed by atoms with Gasteiger partial charge in [-0.05, 0) is 24.9 Å². The van der Waals surface area contributed by atoms with E-state index in [1.807, 2.05) is 25.1 Å². The van der Waals surface area contributed by atoms with Crippen LogP contribution in [0, 0.1) is 6.92 Å². The van der Waals surface area contributed by atoms with E-state index < -0.39 is 0 Å². The third kappa shape index (κ3) is 3.21. The molecular formula is C17H19N5O2. The zero-order chi connectivity index (χ0) is 16.4. The fourth-order valence-electron chi connectivity index (χ4n) is 3.14. The molecule has 0 aliphatic carbocycles. The lowest BCUT2D eigenvalue weighted by molar-refractivity contribution is 0.202. The molecule has 1 aliphatic heterocycles. The van der Waals surface area contributed by atoms with Crippen molar-refractivity contribution in [3.63, 3.8) is 0 Å². The highest BCUT2D eigenvalue weighted by molar-refractivity contribution is 5.18. The molecule has 124 valence electrons. The van der Waals surface area contributed by atoms with Gasteiger partial charge in [-0.3, -0.25) is 4.90 Å². The maximum atomic E-state index is 5.42. The highest BCUT2D eigenvalue weighted by atomic mass is 16.5. The van der Waals surface area contributed by atoms with Crippen LogP contribution in [0.2, 0.25) is 0 Å². The molecule has 0 bridgehead atoms. The normalized spacial score (nSPS) is 18.3. The molecule has 0 saturated carbocycles. The standard InChI is InChI=1S/C17H19N5O2/c1-12-18-17(21-23-12)14-8-5-9-22(14)11-16-19-15(20-24-16)10-13-6-3-2-4-7-13/h2-4,6-7,14H,5,8-11H2,1H3/t14-/m1/s1. The van der Waals surface area contributed by atoms with Crippen molar-refractivity contribution in [2.45, 2.75) is 38.8 Å². The van der Waals surface area contributed by atoms with Gasteiger partial charge in [0, 0.05) is 13.3 Å². The summed E-state index contributed by atoms with van der Waals surface area (Å²) in [4.78, 5) is 11.1. The Hall–Kier alpha value is -2.54. The van der Waals surface area contributed by atoms with Crippen molar-refractivity contribution in [3.8, 4) is 0 Å². The zero-order valence-corrected chi connectivity index (χ0v) is 13.6. The number of rotatable bonds is 5. The van der Waals surface area contributed by atoms with Gasteiger partial charge in [0.2, 0.25) is 11.8 Å². The molecule has 24 heavy (non-hydrogen) atoms. The summed E-state index contributed by atoms with van der Waals surface area (Å²) in [7, 11) is 0. The van der Waals surface area contributed by atoms with Gasteiger partial charge >= 0.3 is 0 Å². The van der Waals surface area contributed by atoms with E-state index in [0.29, 0.717) is 30.6 Å². The van der Waals surface area contributed by atoms with Crippen molar-refractivity contribution >= 4 is 0 Å². The Bertz CT molecular complexity index is 798. The fourth-order valence-corrected chi connectivity index (χ4v) is 3.14. The Kier molecular flexibility index (Phi) is 4.08. The average Bonchev–Trinajstić information content (AvgIpc) is 3.31. The van der Waals surface area contributed by atoms with Gasteiger partial charge in [-0.2, -0.15) is 9.97 Å². The van der Waals surface area contributed by atoms with E-state index in [1.165, 1.54) is 5.56 Å². The fraction of sp³-hybridized carbons (Fsp3) is 0.412. The Morgan fingerprint density at radius 3 is 2.79 bits per heavy atom. The summed E-state index contributed by atoms with van der Waals surface area (Å²) < 4.78 is 10.5. The molecule has 2 aromatic heterocycles. The number of benzene rings is 1. The van der Waals surface area contributed by atoms with Crippen LogP contribution in [0.4, 0.5) is 0 Å². The first kappa shape index (κ1) is 15.0. The van der Waals surface area contributed by atoms with Crippen molar-refractivity contribution in [2.24, 2.45) is 0 Å². The molecule has 0 unspecified atom stereocenters. The van der Waals surface area contributed by atoms with E-state index in [1.54, 1.807) is 0 Å². The molecule has 1 aromatic carbocycles. The van der Waals surface area contributed by atoms with Crippen LogP contribution >= 0.6 is 0 Å². The second-order valence-corrected chi connectivity index (χ2v) is 6.07. The molecule has 4 rings (SSSR count). The molecule has 3 heterocycles. The van der Waals surface area contributed by atoms with Crippen LogP contribution in [0.25, 0.3) is 0 Å². The number of aryl methyl sites for hydroxylation is 1. The summed E-state index contributed by atoms with van der Waals surface area (Å²) in [6.07, 6.45) is 2.80. The van der Waals surface area contributed by atoms with Crippen LogP contribution in [0.1, 0.15) is 47.9 Å². The topological polar surface area (TPSA) is 81.1 Å². The van der Waals surface area contributed by atoms with Crippen LogP contribution in [0.3, 0.4) is 0 Å². The van der Waals surface area contributed by atoms with Crippen LogP contribution in [-0.4, -0.2) is 31.7 Å². The first-order valence-electron chi connectivity index (χ1n) is 8.17. The number of hydrogen-bond donors (Lipinski definition) is 0. The highest BCUT2D eigenvalue weighted by Crippen LogP contribution is 2.31. The predicted molar refractivity (Wildman–Crippen MR) is 85.0 cm³/mol. The Labute approximate surface area is 139 Å². The molecule has 1 atom stereocenters. The Morgan fingerprint density at radius 2 is 2.00 bits per heavy atom. The lowest BCUT2D eigenvalue weighted by Gasteiger charge is -2.19. The van der Waals surface area contributed by atoms with Gasteiger partial charge in [0.15, 0.2) is 11.6 Å². The molecule has 7 nitrogen and oxygen atoms in total. The third-order valence-corrected chi connectivity index (χ3v) is 4.26. The van der Waals surface area contributed by atoms with Gasteiger partial charge in [0.05, 0.1) is 12.6 Å². The van der Waals surface area contributed by atoms with Crippen molar-refractivity contribution in [2.75, 3.05) is 6.54 Å². The van der Waals surface area contributed by atoms with E-state index in [4.69, 9.17) is 9.05 Å². The summed E-state index contributed by atoms with van der Waals surface area (Å²) in [5.74, 6) is 2.68. The van der Waals surface area contributed by atoms with Gasteiger partial charge in [-0.1, -0.05) is 40.6 Å². The summed E-state index contributed by atoms with van der Waals surface area (Å²) in [5, 5.41) is 8.15. The molecule has 0 N–H and O–H groups in total. The lowest BCUT2D eigenvalue weighted by Crippen LogP contribution is -2.23. The van der Waals surface area contributed by atoms with Crippen LogP contribution < -0.4 is 0 Å². The Morgan fingerprint density at radius 1 is 1.12 bits per heavy atom. The molecule has 0 radical (unpaired) electrons. The second-order valence-electron chi connectivity index (χ2n) is 6.07. The molecule has 0 amide bonds. The number of hydrogen-bond acceptors (Lipinski definition) is 7. The smallest absolute Gasteiger partial charge is 0.240 e. The van der Waals surface area contributed by atoms with E-state index in [9.17, 15) is 0 Å². The lowest BCUT2D eigenvalue weighted by atomic mass is 10.1. The SMILES string of the molecule is Cc1nc([C@H]2CCCN2Cc2nc(Cc3ccccc3)no2)no1. The average molecular weight is 325 g/mol. The molecule has 1 aliphatic rings. The van der Waals surface area contributed by atoms with Gasteiger partial charge in [-0.25, -0.2) is 0 Å². The summed E-state index contributed by atoms with van der Waals surface area (Å²) >= 11 is 0. The van der Waals surface area contributed by atoms with Crippen LogP contribution in [-0.2, 0) is 13.0 Å². The molecule has 1 saturated heterocycles. The molecule has 0 spiro atoms. The summed E-state index contributed by atoms with van der Waals surface area (Å²) in [6, 6.07) is 10.3. The largest absolute Gasteiger partial charge is 0.340 e. The highest BCUT2D eigenvalue weighted by Gasteiger charge is 2.30. The van der Waals surface area contributed by atoms with E-state index in [2.05, 4.69) is 37.3 Å². The molecule has 1 fully saturated rings. The van der Waals surface area contributed by atoms with E-state index in [-0.39, 0.29) is 6.04 Å². The third-order valence-electron chi connectivity index (χ3n) is 4.26. The van der Waals surface area contributed by atoms with Gasteiger partial charge in [0.1, 0.15) is 0 Å². The Balaban J connectivity index is 1.43. The van der Waals surface area contributed by atoms with E-state index >= 15 is 0 Å². The van der Waals surface area contributed by atoms with Gasteiger partial charge in [0.25, 0.3) is 0 Å². The van der Waals surface area contributed by atoms with Crippen molar-refractivity contribution < 1.29 is 9.05 Å². The second kappa shape index (κ2) is 6.52. The minimum absolute atomic E-state index is 0.159. The monoisotopic (exact) mass is 325 g/mol.